The second-order valence-corrected chi connectivity index (χ2v) is 8.93. The van der Waals surface area contributed by atoms with Crippen LogP contribution in [0.5, 0.6) is 5.75 Å². The zero-order valence-electron chi connectivity index (χ0n) is 15.4. The van der Waals surface area contributed by atoms with E-state index in [4.69, 9.17) is 0 Å². The normalized spacial score (nSPS) is 26.4. The maximum atomic E-state index is 13.9. The van der Waals surface area contributed by atoms with Gasteiger partial charge in [-0.25, -0.2) is 4.39 Å². The van der Waals surface area contributed by atoms with E-state index >= 15 is 0 Å². The molecule has 4 heterocycles. The van der Waals surface area contributed by atoms with Crippen LogP contribution in [0, 0.1) is 11.7 Å². The number of piperidine rings is 3. The Hall–Kier alpha value is -1.87. The molecule has 1 N–H and O–H groups in total. The molecule has 0 aliphatic carbocycles. The molecule has 3 fully saturated rings. The minimum absolute atomic E-state index is 0.0318. The topological polar surface area (TPSA) is 41.6 Å². The SMILES string of the molecule is CC1(C)[C@H](NC(=O)c2cc3ccc(F)c(OC(F)(F)F)c3s2)C2CCN1CC2. The van der Waals surface area contributed by atoms with Crippen LogP contribution in [-0.4, -0.2) is 41.8 Å². The molecular weight excluding hydrogens is 396 g/mol. The number of nitrogens with zero attached hydrogens (tertiary/aromatic N) is 1. The molecule has 3 aliphatic heterocycles. The van der Waals surface area contributed by atoms with E-state index in [1.165, 1.54) is 12.1 Å². The smallest absolute Gasteiger partial charge is 0.401 e. The number of fused-ring (bicyclic) bond motifs is 4. The van der Waals surface area contributed by atoms with E-state index in [0.29, 0.717) is 11.3 Å². The summed E-state index contributed by atoms with van der Waals surface area (Å²) in [7, 11) is 0. The number of carbonyl (C=O) groups is 1. The Labute approximate surface area is 163 Å². The molecule has 0 spiro atoms. The Bertz CT molecular complexity index is 917. The van der Waals surface area contributed by atoms with E-state index in [9.17, 15) is 22.4 Å². The van der Waals surface area contributed by atoms with Crippen LogP contribution >= 0.6 is 11.3 Å². The third-order valence-corrected chi connectivity index (χ3v) is 7.06. The molecule has 3 saturated heterocycles. The molecule has 0 saturated carbocycles. The molecule has 0 radical (unpaired) electrons. The molecule has 1 amide bonds. The van der Waals surface area contributed by atoms with Gasteiger partial charge in [0.15, 0.2) is 11.6 Å². The Morgan fingerprint density at radius 1 is 1.29 bits per heavy atom. The van der Waals surface area contributed by atoms with Crippen molar-refractivity contribution in [3.63, 3.8) is 0 Å². The summed E-state index contributed by atoms with van der Waals surface area (Å²) in [6.45, 7) is 6.20. The fraction of sp³-hybridized carbons (Fsp3) is 0.526. The number of carbonyl (C=O) groups excluding carboxylic acids is 1. The van der Waals surface area contributed by atoms with E-state index < -0.39 is 17.9 Å². The van der Waals surface area contributed by atoms with Crippen molar-refractivity contribution in [3.8, 4) is 5.75 Å². The van der Waals surface area contributed by atoms with E-state index in [1.807, 2.05) is 0 Å². The van der Waals surface area contributed by atoms with Gasteiger partial charge < -0.3 is 10.1 Å². The van der Waals surface area contributed by atoms with Crippen molar-refractivity contribution in [2.75, 3.05) is 13.1 Å². The Morgan fingerprint density at radius 2 is 1.96 bits per heavy atom. The molecule has 2 aromatic rings. The number of alkyl halides is 3. The second kappa shape index (κ2) is 6.59. The van der Waals surface area contributed by atoms with Crippen LogP contribution in [0.1, 0.15) is 36.4 Å². The van der Waals surface area contributed by atoms with Crippen molar-refractivity contribution in [3.05, 3.63) is 28.9 Å². The lowest BCUT2D eigenvalue weighted by Gasteiger charge is -2.56. The van der Waals surface area contributed by atoms with Gasteiger partial charge in [0.2, 0.25) is 0 Å². The van der Waals surface area contributed by atoms with Gasteiger partial charge in [-0.3, -0.25) is 9.69 Å². The van der Waals surface area contributed by atoms with Crippen LogP contribution in [0.4, 0.5) is 17.6 Å². The Kier molecular flexibility index (Phi) is 4.58. The maximum Gasteiger partial charge on any atom is 0.573 e. The summed E-state index contributed by atoms with van der Waals surface area (Å²) in [5.41, 5.74) is -0.190. The minimum Gasteiger partial charge on any atom is -0.401 e. The molecule has 3 aliphatic rings. The molecule has 0 unspecified atom stereocenters. The first kappa shape index (κ1) is 19.4. The van der Waals surface area contributed by atoms with Crippen molar-refractivity contribution in [2.24, 2.45) is 5.92 Å². The van der Waals surface area contributed by atoms with Crippen LogP contribution in [0.3, 0.4) is 0 Å². The van der Waals surface area contributed by atoms with Gasteiger partial charge in [-0.1, -0.05) is 6.07 Å². The second-order valence-electron chi connectivity index (χ2n) is 7.88. The molecule has 2 bridgehead atoms. The van der Waals surface area contributed by atoms with Gasteiger partial charge >= 0.3 is 6.36 Å². The molecule has 152 valence electrons. The average Bonchev–Trinajstić information content (AvgIpc) is 3.05. The summed E-state index contributed by atoms with van der Waals surface area (Å²) in [4.78, 5) is 15.4. The number of thiophene rings is 1. The number of rotatable bonds is 3. The van der Waals surface area contributed by atoms with Gasteiger partial charge in [-0.15, -0.1) is 24.5 Å². The Balaban J connectivity index is 1.63. The predicted octanol–water partition coefficient (Wildman–Crippen LogP) is 4.54. The first-order valence-corrected chi connectivity index (χ1v) is 9.91. The summed E-state index contributed by atoms with van der Waals surface area (Å²) >= 11 is 0.805. The highest BCUT2D eigenvalue weighted by atomic mass is 32.1. The zero-order valence-corrected chi connectivity index (χ0v) is 16.2. The predicted molar refractivity (Wildman–Crippen MR) is 98.1 cm³/mol. The number of nitrogens with one attached hydrogen (secondary N) is 1. The highest BCUT2D eigenvalue weighted by Crippen LogP contribution is 2.41. The van der Waals surface area contributed by atoms with Crippen molar-refractivity contribution in [2.45, 2.75) is 44.6 Å². The first-order valence-electron chi connectivity index (χ1n) is 9.10. The number of hydrogen-bond donors (Lipinski definition) is 1. The molecule has 1 aromatic heterocycles. The summed E-state index contributed by atoms with van der Waals surface area (Å²) in [5, 5.41) is 3.41. The fourth-order valence-electron chi connectivity index (χ4n) is 4.47. The van der Waals surface area contributed by atoms with Crippen molar-refractivity contribution < 1.29 is 27.1 Å². The molecular formula is C19H20F4N2O2S. The van der Waals surface area contributed by atoms with E-state index in [2.05, 4.69) is 28.8 Å². The van der Waals surface area contributed by atoms with Crippen LogP contribution in [-0.2, 0) is 0 Å². The van der Waals surface area contributed by atoms with Gasteiger partial charge in [0, 0.05) is 11.6 Å². The fourth-order valence-corrected chi connectivity index (χ4v) is 5.50. The van der Waals surface area contributed by atoms with E-state index in [0.717, 1.165) is 43.3 Å². The summed E-state index contributed by atoms with van der Waals surface area (Å²) in [5.74, 6) is -1.99. The average molecular weight is 416 g/mol. The molecule has 28 heavy (non-hydrogen) atoms. The third-order valence-electron chi connectivity index (χ3n) is 5.91. The quantitative estimate of drug-likeness (QED) is 0.747. The maximum absolute atomic E-state index is 13.9. The van der Waals surface area contributed by atoms with Gasteiger partial charge in [0.1, 0.15) is 0 Å². The number of hydrogen-bond acceptors (Lipinski definition) is 4. The van der Waals surface area contributed by atoms with Crippen LogP contribution in [0.15, 0.2) is 18.2 Å². The number of halogens is 4. The van der Waals surface area contributed by atoms with Crippen LogP contribution in [0.2, 0.25) is 0 Å². The lowest BCUT2D eigenvalue weighted by molar-refractivity contribution is -0.275. The number of benzene rings is 1. The summed E-state index contributed by atoms with van der Waals surface area (Å²) in [6.07, 6.45) is -2.99. The van der Waals surface area contributed by atoms with Crippen molar-refractivity contribution >= 4 is 27.3 Å². The van der Waals surface area contributed by atoms with Crippen LogP contribution in [0.25, 0.3) is 10.1 Å². The summed E-state index contributed by atoms with van der Waals surface area (Å²) in [6, 6.07) is 3.69. The highest BCUT2D eigenvalue weighted by Gasteiger charge is 2.48. The lowest BCUT2D eigenvalue weighted by atomic mass is 9.72. The summed E-state index contributed by atoms with van der Waals surface area (Å²) < 4.78 is 55.6. The first-order chi connectivity index (χ1) is 13.1. The molecule has 4 nitrogen and oxygen atoms in total. The standard InChI is InChI=1S/C19H20F4N2O2S/c1-18(2)16(10-5-7-25(18)8-6-10)24-17(26)13-9-11-3-4-12(20)14(15(11)28-13)27-19(21,22)23/h3-4,9-10,16H,5-8H2,1-2H3,(H,24,26)/t16-/m1/s1. The molecule has 9 heteroatoms. The van der Waals surface area contributed by atoms with Gasteiger partial charge in [-0.05, 0) is 63.2 Å². The van der Waals surface area contributed by atoms with Crippen LogP contribution < -0.4 is 10.1 Å². The lowest BCUT2D eigenvalue weighted by Crippen LogP contribution is -2.69. The molecule has 1 aromatic carbocycles. The molecule has 5 rings (SSSR count). The third kappa shape index (κ3) is 3.34. The minimum atomic E-state index is -5.01. The largest absolute Gasteiger partial charge is 0.573 e. The van der Waals surface area contributed by atoms with E-state index in [-0.39, 0.29) is 27.1 Å². The Morgan fingerprint density at radius 3 is 2.57 bits per heavy atom. The van der Waals surface area contributed by atoms with Gasteiger partial charge in [0.25, 0.3) is 5.91 Å². The van der Waals surface area contributed by atoms with Gasteiger partial charge in [-0.2, -0.15) is 0 Å². The monoisotopic (exact) mass is 416 g/mol. The molecule has 1 atom stereocenters. The van der Waals surface area contributed by atoms with Crippen molar-refractivity contribution in [1.29, 1.82) is 0 Å². The zero-order chi connectivity index (χ0) is 20.3. The number of ether oxygens (including phenoxy) is 1. The van der Waals surface area contributed by atoms with Crippen molar-refractivity contribution in [1.82, 2.24) is 10.2 Å². The van der Waals surface area contributed by atoms with E-state index in [1.54, 1.807) is 0 Å². The highest BCUT2D eigenvalue weighted by molar-refractivity contribution is 7.21. The number of amides is 1. The van der Waals surface area contributed by atoms with Gasteiger partial charge in [0.05, 0.1) is 9.58 Å².